The van der Waals surface area contributed by atoms with E-state index < -0.39 is 0 Å². The van der Waals surface area contributed by atoms with Crippen molar-refractivity contribution in [2.24, 2.45) is 0 Å². The Bertz CT molecular complexity index is 1480. The Balaban J connectivity index is 1.50. The summed E-state index contributed by atoms with van der Waals surface area (Å²) in [5.41, 5.74) is 5.73. The third-order valence-corrected chi connectivity index (χ3v) is 8.01. The number of benzene rings is 2. The van der Waals surface area contributed by atoms with E-state index in [1.165, 1.54) is 6.07 Å². The molecule has 2 aliphatic rings. The Morgan fingerprint density at radius 2 is 1.81 bits per heavy atom. The summed E-state index contributed by atoms with van der Waals surface area (Å²) < 4.78 is 22.2. The number of carbonyl (C=O) groups is 1. The van der Waals surface area contributed by atoms with Crippen LogP contribution in [0.3, 0.4) is 0 Å². The van der Waals surface area contributed by atoms with Crippen LogP contribution in [0.1, 0.15) is 73.5 Å². The summed E-state index contributed by atoms with van der Waals surface area (Å²) in [7, 11) is 0. The molecular formula is C29H31FN4O3. The van der Waals surface area contributed by atoms with E-state index in [4.69, 9.17) is 9.51 Å². The number of aliphatic hydroxyl groups excluding tert-OH is 1. The van der Waals surface area contributed by atoms with Crippen LogP contribution in [0, 0.1) is 26.6 Å². The zero-order valence-corrected chi connectivity index (χ0v) is 21.4. The Labute approximate surface area is 214 Å². The summed E-state index contributed by atoms with van der Waals surface area (Å²) in [4.78, 5) is 19.9. The van der Waals surface area contributed by atoms with Crippen molar-refractivity contribution < 1.29 is 18.8 Å². The smallest absolute Gasteiger partial charge is 0.227 e. The number of aliphatic hydroxyl groups is 1. The molecule has 192 valence electrons. The van der Waals surface area contributed by atoms with E-state index in [0.29, 0.717) is 24.1 Å². The third-order valence-electron chi connectivity index (χ3n) is 8.01. The zero-order chi connectivity index (χ0) is 25.8. The minimum absolute atomic E-state index is 0.0256. The topological polar surface area (TPSA) is 84.4 Å². The number of hydrogen-bond donors (Lipinski definition) is 1. The normalized spacial score (nSPS) is 22.4. The van der Waals surface area contributed by atoms with E-state index in [2.05, 4.69) is 27.9 Å². The van der Waals surface area contributed by atoms with Crippen molar-refractivity contribution in [2.75, 3.05) is 4.90 Å². The summed E-state index contributed by atoms with van der Waals surface area (Å²) in [6, 6.07) is 11.1. The van der Waals surface area contributed by atoms with Crippen LogP contribution in [-0.2, 0) is 4.79 Å². The van der Waals surface area contributed by atoms with Gasteiger partial charge in [0.15, 0.2) is 0 Å². The predicted molar refractivity (Wildman–Crippen MR) is 139 cm³/mol. The lowest BCUT2D eigenvalue weighted by Crippen LogP contribution is -2.31. The lowest BCUT2D eigenvalue weighted by Gasteiger charge is -2.31. The maximum absolute atomic E-state index is 14.5. The Morgan fingerprint density at radius 1 is 1.03 bits per heavy atom. The summed E-state index contributed by atoms with van der Waals surface area (Å²) in [6.45, 7) is 5.55. The van der Waals surface area contributed by atoms with Gasteiger partial charge in [-0.05, 0) is 88.3 Å². The number of halogens is 1. The molecule has 2 aromatic heterocycles. The van der Waals surface area contributed by atoms with Gasteiger partial charge in [-0.25, -0.2) is 9.37 Å². The molecule has 3 heterocycles. The highest BCUT2D eigenvalue weighted by atomic mass is 19.1. The molecule has 6 rings (SSSR count). The number of rotatable bonds is 4. The van der Waals surface area contributed by atoms with E-state index in [-0.39, 0.29) is 29.9 Å². The second-order valence-corrected chi connectivity index (χ2v) is 10.5. The van der Waals surface area contributed by atoms with E-state index >= 15 is 0 Å². The molecule has 1 amide bonds. The number of anilines is 1. The molecule has 4 aromatic rings. The maximum atomic E-state index is 14.5. The van der Waals surface area contributed by atoms with Crippen molar-refractivity contribution in [3.8, 4) is 11.1 Å². The number of amides is 1. The molecular weight excluding hydrogens is 471 g/mol. The number of carbonyl (C=O) groups excluding carboxylic acids is 1. The number of imidazole rings is 1. The Morgan fingerprint density at radius 3 is 2.51 bits per heavy atom. The quantitative estimate of drug-likeness (QED) is 0.365. The molecule has 1 N–H and O–H groups in total. The fraction of sp³-hybridized carbons (Fsp3) is 0.414. The van der Waals surface area contributed by atoms with Crippen molar-refractivity contribution >= 4 is 22.6 Å². The number of nitrogens with zero attached hydrogens (tertiary/aromatic N) is 4. The van der Waals surface area contributed by atoms with Crippen LogP contribution < -0.4 is 4.90 Å². The first-order valence-corrected chi connectivity index (χ1v) is 13.0. The highest BCUT2D eigenvalue weighted by molar-refractivity contribution is 5.96. The van der Waals surface area contributed by atoms with Crippen LogP contribution in [0.5, 0.6) is 0 Å². The molecule has 7 nitrogen and oxygen atoms in total. The highest BCUT2D eigenvalue weighted by Crippen LogP contribution is 2.42. The van der Waals surface area contributed by atoms with Crippen LogP contribution >= 0.6 is 0 Å². The molecule has 1 atom stereocenters. The standard InChI is InChI=1S/C29H31FN4O3/c1-16-4-6-21(15-23(16)30)33-26(12-13-27(33)36)29-31-24-14-19(28-17(2)32-37-18(28)3)5-11-25(24)34(29)20-7-9-22(35)10-8-20/h4-6,11,14-15,20,22,26,35H,7-10,12-13H2,1-3H3/t20?,22?,26-/m0/s1. The molecule has 0 bridgehead atoms. The van der Waals surface area contributed by atoms with Gasteiger partial charge >= 0.3 is 0 Å². The zero-order valence-electron chi connectivity index (χ0n) is 21.4. The first-order valence-electron chi connectivity index (χ1n) is 13.0. The fourth-order valence-electron chi connectivity index (χ4n) is 6.09. The van der Waals surface area contributed by atoms with Crippen LogP contribution in [0.15, 0.2) is 40.9 Å². The van der Waals surface area contributed by atoms with Crippen LogP contribution in [0.2, 0.25) is 0 Å². The van der Waals surface area contributed by atoms with Gasteiger partial charge in [0.2, 0.25) is 5.91 Å². The van der Waals surface area contributed by atoms with Crippen molar-refractivity contribution in [1.29, 1.82) is 0 Å². The van der Waals surface area contributed by atoms with Gasteiger partial charge in [-0.1, -0.05) is 17.3 Å². The van der Waals surface area contributed by atoms with Crippen molar-refractivity contribution in [3.05, 3.63) is 65.1 Å². The van der Waals surface area contributed by atoms with Crippen molar-refractivity contribution in [1.82, 2.24) is 14.7 Å². The first-order chi connectivity index (χ1) is 17.8. The van der Waals surface area contributed by atoms with Crippen LogP contribution in [0.25, 0.3) is 22.2 Å². The number of fused-ring (bicyclic) bond motifs is 1. The fourth-order valence-corrected chi connectivity index (χ4v) is 6.09. The Hall–Kier alpha value is -3.52. The van der Waals surface area contributed by atoms with Gasteiger partial charge in [-0.2, -0.15) is 0 Å². The van der Waals surface area contributed by atoms with E-state index in [1.807, 2.05) is 19.9 Å². The third kappa shape index (κ3) is 4.03. The average molecular weight is 503 g/mol. The highest BCUT2D eigenvalue weighted by Gasteiger charge is 2.38. The number of aryl methyl sites for hydroxylation is 3. The van der Waals surface area contributed by atoms with Gasteiger partial charge in [0.05, 0.1) is 28.9 Å². The molecule has 0 radical (unpaired) electrons. The van der Waals surface area contributed by atoms with Gasteiger partial charge in [-0.3, -0.25) is 4.79 Å². The van der Waals surface area contributed by atoms with E-state index in [9.17, 15) is 14.3 Å². The van der Waals surface area contributed by atoms with Crippen LogP contribution in [0.4, 0.5) is 10.1 Å². The van der Waals surface area contributed by atoms with Crippen molar-refractivity contribution in [3.63, 3.8) is 0 Å². The molecule has 2 aromatic carbocycles. The second-order valence-electron chi connectivity index (χ2n) is 10.5. The van der Waals surface area contributed by atoms with Gasteiger partial charge in [-0.15, -0.1) is 0 Å². The Kier molecular flexibility index (Phi) is 5.87. The summed E-state index contributed by atoms with van der Waals surface area (Å²) in [6.07, 6.45) is 3.87. The predicted octanol–water partition coefficient (Wildman–Crippen LogP) is 6.10. The molecule has 0 spiro atoms. The van der Waals surface area contributed by atoms with Crippen molar-refractivity contribution in [2.45, 2.75) is 77.5 Å². The van der Waals surface area contributed by atoms with Gasteiger partial charge in [0.25, 0.3) is 0 Å². The largest absolute Gasteiger partial charge is 0.393 e. The minimum Gasteiger partial charge on any atom is -0.393 e. The molecule has 8 heteroatoms. The van der Waals surface area contributed by atoms with E-state index in [1.54, 1.807) is 17.9 Å². The second kappa shape index (κ2) is 9.10. The van der Waals surface area contributed by atoms with Gasteiger partial charge in [0.1, 0.15) is 17.4 Å². The molecule has 0 unspecified atom stereocenters. The summed E-state index contributed by atoms with van der Waals surface area (Å²) >= 11 is 0. The molecule has 37 heavy (non-hydrogen) atoms. The minimum atomic E-state index is -0.324. The SMILES string of the molecule is Cc1ccc(N2C(=O)CC[C@H]2c2nc3cc(-c4c(C)noc4C)ccc3n2C2CCC(O)CC2)cc1F. The number of hydrogen-bond acceptors (Lipinski definition) is 5. The van der Waals surface area contributed by atoms with Gasteiger partial charge in [0, 0.05) is 23.7 Å². The van der Waals surface area contributed by atoms with Gasteiger partial charge < -0.3 is 19.1 Å². The lowest BCUT2D eigenvalue weighted by molar-refractivity contribution is -0.117. The van der Waals surface area contributed by atoms with Crippen LogP contribution in [-0.4, -0.2) is 31.8 Å². The molecule has 2 fully saturated rings. The first kappa shape index (κ1) is 23.9. The number of aromatic nitrogens is 3. The molecule has 1 aliphatic carbocycles. The van der Waals surface area contributed by atoms with E-state index in [0.717, 1.165) is 65.1 Å². The maximum Gasteiger partial charge on any atom is 0.227 e. The lowest BCUT2D eigenvalue weighted by atomic mass is 9.92. The summed E-state index contributed by atoms with van der Waals surface area (Å²) in [5.74, 6) is 1.23. The average Bonchev–Trinajstić information content (AvgIpc) is 3.55. The molecule has 1 aliphatic heterocycles. The summed E-state index contributed by atoms with van der Waals surface area (Å²) in [5, 5.41) is 14.3. The molecule has 1 saturated heterocycles. The monoisotopic (exact) mass is 502 g/mol. The molecule has 1 saturated carbocycles.